The highest BCUT2D eigenvalue weighted by Gasteiger charge is 2.32. The molecule has 0 amide bonds. The van der Waals surface area contributed by atoms with Crippen LogP contribution in [-0.2, 0) is 16.0 Å². The monoisotopic (exact) mass is 251 g/mol. The molecule has 0 aliphatic carbocycles. The summed E-state index contributed by atoms with van der Waals surface area (Å²) in [6.07, 6.45) is 0.990. The van der Waals surface area contributed by atoms with Gasteiger partial charge >= 0.3 is 5.97 Å². The van der Waals surface area contributed by atoms with E-state index in [0.29, 0.717) is 0 Å². The van der Waals surface area contributed by atoms with Crippen molar-refractivity contribution in [1.29, 1.82) is 0 Å². The summed E-state index contributed by atoms with van der Waals surface area (Å²) < 4.78 is 4.57. The molecule has 1 unspecified atom stereocenters. The zero-order valence-electron chi connectivity index (χ0n) is 11.4. The molecule has 1 atom stereocenters. The Morgan fingerprint density at radius 1 is 1.39 bits per heavy atom. The van der Waals surface area contributed by atoms with Crippen molar-refractivity contribution in [2.24, 2.45) is 0 Å². The number of methoxy groups -OCH3 is 1. The largest absolute Gasteiger partial charge is 0.467 e. The number of carbonyl (C=O) groups excluding carboxylic acids is 1. The molecule has 0 aliphatic rings. The molecule has 4 nitrogen and oxygen atoms in total. The molecule has 1 aromatic rings. The molecule has 18 heavy (non-hydrogen) atoms. The van der Waals surface area contributed by atoms with Gasteiger partial charge in [0, 0.05) is 12.7 Å². The lowest BCUT2D eigenvalue weighted by Crippen LogP contribution is -2.46. The number of carbonyl (C=O) groups is 1. The number of hydrogen-bond acceptors (Lipinski definition) is 4. The lowest BCUT2D eigenvalue weighted by Gasteiger charge is -2.28. The van der Waals surface area contributed by atoms with Gasteiger partial charge in [0.05, 0.1) is 13.7 Å². The van der Waals surface area contributed by atoms with E-state index in [1.807, 2.05) is 36.2 Å². The van der Waals surface area contributed by atoms with Crippen LogP contribution in [0.1, 0.15) is 19.4 Å². The molecular formula is C14H21NO3. The summed E-state index contributed by atoms with van der Waals surface area (Å²) in [6.45, 7) is 3.74. The summed E-state index contributed by atoms with van der Waals surface area (Å²) in [5.74, 6) is -0.625. The van der Waals surface area contributed by atoms with E-state index in [1.165, 1.54) is 19.6 Å². The van der Waals surface area contributed by atoms with E-state index >= 15 is 0 Å². The predicted octanol–water partition coefficient (Wildman–Crippen LogP) is 1.61. The molecule has 0 saturated heterocycles. The number of likely N-dealkylation sites (N-methyl/N-ethyl adjacent to an activating group) is 1. The fourth-order valence-corrected chi connectivity index (χ4v) is 1.82. The predicted molar refractivity (Wildman–Crippen MR) is 71.7 cm³/mol. The third-order valence-electron chi connectivity index (χ3n) is 2.96. The molecule has 1 N–H and O–H groups in total. The Hall–Kier alpha value is -1.55. The second-order valence-corrected chi connectivity index (χ2v) is 4.64. The Kier molecular flexibility index (Phi) is 4.73. The normalized spacial score (nSPS) is 13.8. The summed E-state index contributed by atoms with van der Waals surface area (Å²) in [5.41, 5.74) is 0.704. The number of anilines is 1. The van der Waals surface area contributed by atoms with Crippen molar-refractivity contribution in [3.05, 3.63) is 29.8 Å². The lowest BCUT2D eigenvalue weighted by molar-refractivity contribution is -0.159. The highest BCUT2D eigenvalue weighted by molar-refractivity contribution is 5.79. The van der Waals surface area contributed by atoms with E-state index < -0.39 is 11.6 Å². The molecule has 0 saturated carbocycles. The SMILES string of the molecule is CCc1ccc(N(C)CC(C)(O)C(=O)OC)cc1. The Morgan fingerprint density at radius 3 is 2.39 bits per heavy atom. The van der Waals surface area contributed by atoms with Gasteiger partial charge in [-0.05, 0) is 31.0 Å². The van der Waals surface area contributed by atoms with Crippen LogP contribution in [0.3, 0.4) is 0 Å². The van der Waals surface area contributed by atoms with Crippen molar-refractivity contribution in [3.63, 3.8) is 0 Å². The quantitative estimate of drug-likeness (QED) is 0.808. The van der Waals surface area contributed by atoms with E-state index in [1.54, 1.807) is 0 Å². The zero-order chi connectivity index (χ0) is 13.8. The highest BCUT2D eigenvalue weighted by atomic mass is 16.5. The molecule has 0 aliphatic heterocycles. The number of aliphatic hydroxyl groups is 1. The van der Waals surface area contributed by atoms with Crippen molar-refractivity contribution in [2.75, 3.05) is 25.6 Å². The Labute approximate surface area is 108 Å². The van der Waals surface area contributed by atoms with Crippen molar-refractivity contribution in [1.82, 2.24) is 0 Å². The van der Waals surface area contributed by atoms with Gasteiger partial charge in [-0.1, -0.05) is 19.1 Å². The van der Waals surface area contributed by atoms with Crippen LogP contribution >= 0.6 is 0 Å². The van der Waals surface area contributed by atoms with Gasteiger partial charge in [-0.3, -0.25) is 0 Å². The molecule has 4 heteroatoms. The minimum absolute atomic E-state index is 0.186. The van der Waals surface area contributed by atoms with Crippen LogP contribution in [0.25, 0.3) is 0 Å². The second kappa shape index (κ2) is 5.87. The van der Waals surface area contributed by atoms with Gasteiger partial charge in [-0.25, -0.2) is 4.79 Å². The van der Waals surface area contributed by atoms with E-state index in [2.05, 4.69) is 11.7 Å². The van der Waals surface area contributed by atoms with Gasteiger partial charge in [-0.2, -0.15) is 0 Å². The first kappa shape index (κ1) is 14.5. The minimum Gasteiger partial charge on any atom is -0.467 e. The standard InChI is InChI=1S/C14H21NO3/c1-5-11-6-8-12(9-7-11)15(3)10-14(2,17)13(16)18-4/h6-9,17H,5,10H2,1-4H3. The minimum atomic E-state index is -1.51. The van der Waals surface area contributed by atoms with Crippen LogP contribution in [-0.4, -0.2) is 37.4 Å². The average molecular weight is 251 g/mol. The number of aryl methyl sites for hydroxylation is 1. The molecule has 1 rings (SSSR count). The number of hydrogen-bond donors (Lipinski definition) is 1. The molecule has 0 aromatic heterocycles. The van der Waals surface area contributed by atoms with Gasteiger partial charge in [-0.15, -0.1) is 0 Å². The van der Waals surface area contributed by atoms with Gasteiger partial charge in [0.15, 0.2) is 5.60 Å². The van der Waals surface area contributed by atoms with E-state index in [-0.39, 0.29) is 6.54 Å². The Balaban J connectivity index is 2.75. The number of ether oxygens (including phenoxy) is 1. The molecule has 0 bridgehead atoms. The van der Waals surface area contributed by atoms with Crippen LogP contribution < -0.4 is 4.90 Å². The third-order valence-corrected chi connectivity index (χ3v) is 2.96. The molecule has 0 fully saturated rings. The van der Waals surface area contributed by atoms with E-state index in [4.69, 9.17) is 0 Å². The van der Waals surface area contributed by atoms with Crippen LogP contribution in [0.2, 0.25) is 0 Å². The van der Waals surface area contributed by atoms with E-state index in [9.17, 15) is 9.90 Å². The zero-order valence-corrected chi connectivity index (χ0v) is 11.4. The molecule has 1 aromatic carbocycles. The molecule has 100 valence electrons. The topological polar surface area (TPSA) is 49.8 Å². The number of benzene rings is 1. The van der Waals surface area contributed by atoms with Gasteiger partial charge < -0.3 is 14.7 Å². The summed E-state index contributed by atoms with van der Waals surface area (Å²) >= 11 is 0. The molecular weight excluding hydrogens is 230 g/mol. The smallest absolute Gasteiger partial charge is 0.339 e. The Bertz CT molecular complexity index is 398. The lowest BCUT2D eigenvalue weighted by atomic mass is 10.1. The molecule has 0 heterocycles. The van der Waals surface area contributed by atoms with Crippen LogP contribution in [0.5, 0.6) is 0 Å². The number of esters is 1. The second-order valence-electron chi connectivity index (χ2n) is 4.64. The first-order valence-electron chi connectivity index (χ1n) is 6.01. The fraction of sp³-hybridized carbons (Fsp3) is 0.500. The van der Waals surface area contributed by atoms with Crippen LogP contribution in [0.15, 0.2) is 24.3 Å². The van der Waals surface area contributed by atoms with Gasteiger partial charge in [0.25, 0.3) is 0 Å². The van der Waals surface area contributed by atoms with Crippen molar-refractivity contribution >= 4 is 11.7 Å². The first-order valence-corrected chi connectivity index (χ1v) is 6.01. The maximum absolute atomic E-state index is 11.4. The summed E-state index contributed by atoms with van der Waals surface area (Å²) in [5, 5.41) is 10.00. The average Bonchev–Trinajstić information content (AvgIpc) is 2.37. The summed E-state index contributed by atoms with van der Waals surface area (Å²) in [6, 6.07) is 8.04. The maximum Gasteiger partial charge on any atom is 0.339 e. The highest BCUT2D eigenvalue weighted by Crippen LogP contribution is 2.17. The molecule has 0 radical (unpaired) electrons. The number of nitrogens with zero attached hydrogens (tertiary/aromatic N) is 1. The van der Waals surface area contributed by atoms with Crippen molar-refractivity contribution in [2.45, 2.75) is 25.9 Å². The van der Waals surface area contributed by atoms with Crippen LogP contribution in [0, 0.1) is 0 Å². The van der Waals surface area contributed by atoms with E-state index in [0.717, 1.165) is 12.1 Å². The first-order chi connectivity index (χ1) is 8.40. The summed E-state index contributed by atoms with van der Waals surface area (Å²) in [4.78, 5) is 13.2. The van der Waals surface area contributed by atoms with Gasteiger partial charge in [0.1, 0.15) is 0 Å². The van der Waals surface area contributed by atoms with Crippen LogP contribution in [0.4, 0.5) is 5.69 Å². The summed E-state index contributed by atoms with van der Waals surface area (Å²) in [7, 11) is 3.10. The fourth-order valence-electron chi connectivity index (χ4n) is 1.82. The Morgan fingerprint density at radius 2 is 1.94 bits per heavy atom. The maximum atomic E-state index is 11.4. The van der Waals surface area contributed by atoms with Crippen molar-refractivity contribution in [3.8, 4) is 0 Å². The van der Waals surface area contributed by atoms with Gasteiger partial charge in [0.2, 0.25) is 0 Å². The number of rotatable bonds is 5. The molecule has 0 spiro atoms. The third kappa shape index (κ3) is 3.47. The van der Waals surface area contributed by atoms with Crippen molar-refractivity contribution < 1.29 is 14.6 Å².